The molecule has 0 saturated carbocycles. The summed E-state index contributed by atoms with van der Waals surface area (Å²) in [5.41, 5.74) is 1.94. The van der Waals surface area contributed by atoms with Crippen LogP contribution >= 0.6 is 11.6 Å². The lowest BCUT2D eigenvalue weighted by Crippen LogP contribution is -2.49. The quantitative estimate of drug-likeness (QED) is 0.672. The van der Waals surface area contributed by atoms with E-state index in [9.17, 15) is 14.4 Å². The molecule has 1 unspecified atom stereocenters. The second-order valence-corrected chi connectivity index (χ2v) is 9.07. The van der Waals surface area contributed by atoms with Gasteiger partial charge in [-0.3, -0.25) is 19.4 Å². The van der Waals surface area contributed by atoms with Crippen LogP contribution in [0, 0.1) is 6.92 Å². The van der Waals surface area contributed by atoms with E-state index in [-0.39, 0.29) is 25.0 Å². The van der Waals surface area contributed by atoms with Gasteiger partial charge in [0.25, 0.3) is 0 Å². The fourth-order valence-corrected chi connectivity index (χ4v) is 4.27. The first-order valence-electron chi connectivity index (χ1n) is 11.0. The minimum atomic E-state index is -0.879. The van der Waals surface area contributed by atoms with Gasteiger partial charge in [0.2, 0.25) is 11.8 Å². The van der Waals surface area contributed by atoms with E-state index in [1.165, 1.54) is 6.92 Å². The number of hydrogen-bond donors (Lipinski definition) is 2. The number of nitrogens with zero attached hydrogens (tertiary/aromatic N) is 2. The third kappa shape index (κ3) is 5.67. The maximum atomic E-state index is 12.8. The molecule has 3 amide bonds. The van der Waals surface area contributed by atoms with E-state index in [1.54, 1.807) is 41.3 Å². The standard InChI is InChI=1S/C24H27ClN4O5/c1-16-3-6-19(11-21(16)26-17(2)30)27-22(31)12-28-9-10-33-15-24(13-28)14-29(23(32)34-24)20-7-4-18(25)5-8-20/h3-8,11H,9-10,12-15H2,1-2H3,(H,26,30)(H,27,31). The van der Waals surface area contributed by atoms with Gasteiger partial charge in [0.1, 0.15) is 0 Å². The van der Waals surface area contributed by atoms with Crippen molar-refractivity contribution in [3.63, 3.8) is 0 Å². The molecule has 10 heteroatoms. The first kappa shape index (κ1) is 24.0. The number of anilines is 3. The van der Waals surface area contributed by atoms with Crippen molar-refractivity contribution >= 4 is 46.6 Å². The number of halogens is 1. The van der Waals surface area contributed by atoms with Crippen LogP contribution in [-0.4, -0.2) is 67.8 Å². The third-order valence-electron chi connectivity index (χ3n) is 5.74. The summed E-state index contributed by atoms with van der Waals surface area (Å²) < 4.78 is 11.5. The molecule has 0 aliphatic carbocycles. The zero-order valence-corrected chi connectivity index (χ0v) is 19.9. The summed E-state index contributed by atoms with van der Waals surface area (Å²) in [6.07, 6.45) is -0.456. The normalized spacial score (nSPS) is 20.7. The van der Waals surface area contributed by atoms with Gasteiger partial charge in [0, 0.05) is 42.1 Å². The summed E-state index contributed by atoms with van der Waals surface area (Å²) in [4.78, 5) is 40.3. The van der Waals surface area contributed by atoms with E-state index in [0.717, 1.165) is 5.56 Å². The topological polar surface area (TPSA) is 100 Å². The SMILES string of the molecule is CC(=O)Nc1cc(NC(=O)CN2CCOCC3(C2)CN(c2ccc(Cl)cc2)C(=O)O3)ccc1C. The Kier molecular flexibility index (Phi) is 7.06. The number of amides is 3. The van der Waals surface area contributed by atoms with Crippen LogP contribution in [0.1, 0.15) is 12.5 Å². The number of carbonyl (C=O) groups is 3. The van der Waals surface area contributed by atoms with E-state index in [4.69, 9.17) is 21.1 Å². The van der Waals surface area contributed by atoms with Gasteiger partial charge in [-0.1, -0.05) is 17.7 Å². The molecular weight excluding hydrogens is 460 g/mol. The Morgan fingerprint density at radius 3 is 2.62 bits per heavy atom. The maximum absolute atomic E-state index is 12.8. The van der Waals surface area contributed by atoms with Gasteiger partial charge in [-0.25, -0.2) is 4.79 Å². The molecule has 180 valence electrons. The molecular formula is C24H27ClN4O5. The predicted octanol–water partition coefficient (Wildman–Crippen LogP) is 3.27. The molecule has 2 aromatic rings. The highest BCUT2D eigenvalue weighted by Crippen LogP contribution is 2.31. The summed E-state index contributed by atoms with van der Waals surface area (Å²) in [6.45, 7) is 5.29. The Bertz CT molecular complexity index is 1090. The summed E-state index contributed by atoms with van der Waals surface area (Å²) in [6, 6.07) is 12.3. The summed E-state index contributed by atoms with van der Waals surface area (Å²) in [5, 5.41) is 6.21. The molecule has 1 atom stereocenters. The van der Waals surface area contributed by atoms with Crippen LogP contribution in [0.3, 0.4) is 0 Å². The lowest BCUT2D eigenvalue weighted by atomic mass is 10.0. The number of ether oxygens (including phenoxy) is 2. The fourth-order valence-electron chi connectivity index (χ4n) is 4.15. The number of benzene rings is 2. The summed E-state index contributed by atoms with van der Waals surface area (Å²) >= 11 is 5.96. The third-order valence-corrected chi connectivity index (χ3v) is 5.99. The van der Waals surface area contributed by atoms with Crippen molar-refractivity contribution < 1.29 is 23.9 Å². The molecule has 0 aromatic heterocycles. The summed E-state index contributed by atoms with van der Waals surface area (Å²) in [5.74, 6) is -0.395. The van der Waals surface area contributed by atoms with Crippen molar-refractivity contribution in [2.24, 2.45) is 0 Å². The first-order valence-corrected chi connectivity index (χ1v) is 11.4. The highest BCUT2D eigenvalue weighted by molar-refractivity contribution is 6.30. The Balaban J connectivity index is 1.41. The number of aryl methyl sites for hydroxylation is 1. The van der Waals surface area contributed by atoms with Gasteiger partial charge < -0.3 is 20.1 Å². The van der Waals surface area contributed by atoms with E-state index in [0.29, 0.717) is 48.3 Å². The Morgan fingerprint density at radius 1 is 1.12 bits per heavy atom. The van der Waals surface area contributed by atoms with Crippen LogP contribution in [0.5, 0.6) is 0 Å². The number of nitrogens with one attached hydrogen (secondary N) is 2. The van der Waals surface area contributed by atoms with E-state index >= 15 is 0 Å². The van der Waals surface area contributed by atoms with Crippen LogP contribution in [0.2, 0.25) is 5.02 Å². The van der Waals surface area contributed by atoms with Crippen LogP contribution in [0.25, 0.3) is 0 Å². The van der Waals surface area contributed by atoms with Gasteiger partial charge in [-0.15, -0.1) is 0 Å². The number of rotatable bonds is 5. The van der Waals surface area contributed by atoms with Crippen molar-refractivity contribution in [3.8, 4) is 0 Å². The second-order valence-electron chi connectivity index (χ2n) is 8.64. The Hall–Kier alpha value is -3.14. The average Bonchev–Trinajstić information content (AvgIpc) is 2.96. The molecule has 4 rings (SSSR count). The molecule has 9 nitrogen and oxygen atoms in total. The van der Waals surface area contributed by atoms with Gasteiger partial charge in [-0.2, -0.15) is 0 Å². The molecule has 1 spiro atoms. The van der Waals surface area contributed by atoms with Gasteiger partial charge in [0.05, 0.1) is 26.3 Å². The maximum Gasteiger partial charge on any atom is 0.415 e. The predicted molar refractivity (Wildman–Crippen MR) is 129 cm³/mol. The van der Waals surface area contributed by atoms with Crippen molar-refractivity contribution in [3.05, 3.63) is 53.1 Å². The molecule has 34 heavy (non-hydrogen) atoms. The lowest BCUT2D eigenvalue weighted by Gasteiger charge is -2.29. The Morgan fingerprint density at radius 2 is 1.88 bits per heavy atom. The van der Waals surface area contributed by atoms with E-state index in [1.807, 2.05) is 17.9 Å². The van der Waals surface area contributed by atoms with Crippen LogP contribution in [-0.2, 0) is 19.1 Å². The van der Waals surface area contributed by atoms with Gasteiger partial charge in [-0.05, 0) is 48.9 Å². The van der Waals surface area contributed by atoms with Crippen molar-refractivity contribution in [1.29, 1.82) is 0 Å². The number of carbonyl (C=O) groups excluding carboxylic acids is 3. The fraction of sp³-hybridized carbons (Fsp3) is 0.375. The van der Waals surface area contributed by atoms with Crippen molar-refractivity contribution in [2.45, 2.75) is 19.4 Å². The molecule has 2 heterocycles. The molecule has 2 fully saturated rings. The molecule has 2 N–H and O–H groups in total. The molecule has 2 saturated heterocycles. The molecule has 0 bridgehead atoms. The molecule has 2 aliphatic heterocycles. The number of hydrogen-bond acceptors (Lipinski definition) is 6. The lowest BCUT2D eigenvalue weighted by molar-refractivity contribution is -0.117. The second kappa shape index (κ2) is 10.0. The zero-order chi connectivity index (χ0) is 24.3. The van der Waals surface area contributed by atoms with Crippen molar-refractivity contribution in [2.75, 3.05) is 54.9 Å². The van der Waals surface area contributed by atoms with Gasteiger partial charge in [0.15, 0.2) is 5.60 Å². The molecule has 2 aromatic carbocycles. The van der Waals surface area contributed by atoms with E-state index in [2.05, 4.69) is 10.6 Å². The largest absolute Gasteiger partial charge is 0.437 e. The van der Waals surface area contributed by atoms with Crippen molar-refractivity contribution in [1.82, 2.24) is 4.90 Å². The van der Waals surface area contributed by atoms with E-state index < -0.39 is 11.7 Å². The highest BCUT2D eigenvalue weighted by atomic mass is 35.5. The highest BCUT2D eigenvalue weighted by Gasteiger charge is 2.48. The minimum absolute atomic E-state index is 0.104. The summed E-state index contributed by atoms with van der Waals surface area (Å²) in [7, 11) is 0. The zero-order valence-electron chi connectivity index (χ0n) is 19.1. The van der Waals surface area contributed by atoms with Crippen LogP contribution < -0.4 is 15.5 Å². The van der Waals surface area contributed by atoms with Crippen LogP contribution in [0.15, 0.2) is 42.5 Å². The minimum Gasteiger partial charge on any atom is -0.437 e. The Labute approximate surface area is 202 Å². The molecule has 2 aliphatic rings. The smallest absolute Gasteiger partial charge is 0.415 e. The average molecular weight is 487 g/mol. The first-order chi connectivity index (χ1) is 16.2. The molecule has 0 radical (unpaired) electrons. The monoisotopic (exact) mass is 486 g/mol. The van der Waals surface area contributed by atoms with Gasteiger partial charge >= 0.3 is 6.09 Å². The van der Waals surface area contributed by atoms with Crippen LogP contribution in [0.4, 0.5) is 21.9 Å².